The van der Waals surface area contributed by atoms with Gasteiger partial charge in [0.2, 0.25) is 0 Å². The number of esters is 2. The Labute approximate surface area is 123 Å². The molecule has 1 atom stereocenters. The van der Waals surface area contributed by atoms with Crippen molar-refractivity contribution in [2.45, 2.75) is 26.4 Å². The predicted molar refractivity (Wildman–Crippen MR) is 76.7 cm³/mol. The maximum absolute atomic E-state index is 11.9. The van der Waals surface area contributed by atoms with E-state index in [1.54, 1.807) is 19.9 Å². The Morgan fingerprint density at radius 3 is 2.67 bits per heavy atom. The van der Waals surface area contributed by atoms with E-state index < -0.39 is 18.0 Å². The summed E-state index contributed by atoms with van der Waals surface area (Å²) in [5.41, 5.74) is 1.51. The van der Waals surface area contributed by atoms with Gasteiger partial charge in [-0.2, -0.15) is 0 Å². The molecule has 5 heteroatoms. The molecule has 1 aromatic carbocycles. The Bertz CT molecular complexity index is 562. The zero-order valence-electron chi connectivity index (χ0n) is 12.1. The molecule has 112 valence electrons. The zero-order chi connectivity index (χ0) is 15.2. The van der Waals surface area contributed by atoms with E-state index in [2.05, 4.69) is 0 Å². The van der Waals surface area contributed by atoms with Crippen LogP contribution in [0.3, 0.4) is 0 Å². The van der Waals surface area contributed by atoms with Crippen LogP contribution in [0, 0.1) is 0 Å². The highest BCUT2D eigenvalue weighted by Gasteiger charge is 2.30. The first-order chi connectivity index (χ1) is 10.2. The third kappa shape index (κ3) is 3.62. The van der Waals surface area contributed by atoms with Gasteiger partial charge in [0.05, 0.1) is 13.2 Å². The van der Waals surface area contributed by atoms with Crippen molar-refractivity contribution >= 4 is 17.5 Å². The normalized spacial score (nSPS) is 18.6. The average Bonchev–Trinajstić information content (AvgIpc) is 2.47. The Hall–Kier alpha value is -2.30. The third-order valence-corrected chi connectivity index (χ3v) is 3.04. The van der Waals surface area contributed by atoms with E-state index in [1.807, 2.05) is 18.2 Å². The number of hydrogen-bond acceptors (Lipinski definition) is 5. The highest BCUT2D eigenvalue weighted by Crippen LogP contribution is 2.35. The molecule has 0 radical (unpaired) electrons. The smallest absolute Gasteiger partial charge is 0.347 e. The largest absolute Gasteiger partial charge is 0.478 e. The van der Waals surface area contributed by atoms with Gasteiger partial charge in [-0.05, 0) is 25.5 Å². The number of hydrogen-bond donors (Lipinski definition) is 0. The second-order valence-corrected chi connectivity index (χ2v) is 4.48. The van der Waals surface area contributed by atoms with E-state index in [9.17, 15) is 9.59 Å². The average molecular weight is 290 g/mol. The van der Waals surface area contributed by atoms with Crippen LogP contribution in [0.1, 0.15) is 25.8 Å². The Balaban J connectivity index is 2.30. The third-order valence-electron chi connectivity index (χ3n) is 3.04. The molecule has 21 heavy (non-hydrogen) atoms. The molecule has 0 saturated carbocycles. The predicted octanol–water partition coefficient (Wildman–Crippen LogP) is 2.35. The number of para-hydroxylation sites is 1. The quantitative estimate of drug-likeness (QED) is 0.629. The summed E-state index contributed by atoms with van der Waals surface area (Å²) in [6.07, 6.45) is 0.965. The summed E-state index contributed by atoms with van der Waals surface area (Å²) in [6, 6.07) is 7.28. The molecule has 0 spiro atoms. The van der Waals surface area contributed by atoms with Crippen LogP contribution < -0.4 is 4.74 Å². The summed E-state index contributed by atoms with van der Waals surface area (Å²) >= 11 is 0. The van der Waals surface area contributed by atoms with Crippen molar-refractivity contribution in [2.75, 3.05) is 13.2 Å². The van der Waals surface area contributed by atoms with E-state index in [4.69, 9.17) is 14.2 Å². The van der Waals surface area contributed by atoms with Gasteiger partial charge in [0, 0.05) is 18.1 Å². The van der Waals surface area contributed by atoms with Crippen LogP contribution in [0.4, 0.5) is 0 Å². The van der Waals surface area contributed by atoms with Crippen LogP contribution >= 0.6 is 0 Å². The lowest BCUT2D eigenvalue weighted by atomic mass is 9.95. The molecule has 0 amide bonds. The van der Waals surface area contributed by atoms with Crippen molar-refractivity contribution in [2.24, 2.45) is 0 Å². The molecule has 0 aromatic heterocycles. The lowest BCUT2D eigenvalue weighted by molar-refractivity contribution is -0.151. The van der Waals surface area contributed by atoms with Gasteiger partial charge in [-0.1, -0.05) is 18.2 Å². The molecular formula is C16H18O5. The standard InChI is InChI=1S/C16H18O5/c1-3-19-15(17)10-11-9-14(16(18)20-4-2)21-13-8-6-5-7-12(11)13/h5-8,10,14H,3-4,9H2,1-2H3/b11-10+/t14-/m0/s1. The molecule has 1 aliphatic rings. The van der Waals surface area contributed by atoms with Gasteiger partial charge in [-0.25, -0.2) is 9.59 Å². The second-order valence-electron chi connectivity index (χ2n) is 4.48. The molecule has 0 bridgehead atoms. The highest BCUT2D eigenvalue weighted by molar-refractivity contribution is 5.94. The first-order valence-electron chi connectivity index (χ1n) is 6.95. The van der Waals surface area contributed by atoms with E-state index in [1.165, 1.54) is 6.08 Å². The highest BCUT2D eigenvalue weighted by atomic mass is 16.6. The van der Waals surface area contributed by atoms with Gasteiger partial charge in [0.15, 0.2) is 6.10 Å². The topological polar surface area (TPSA) is 61.8 Å². The van der Waals surface area contributed by atoms with Crippen molar-refractivity contribution in [1.82, 2.24) is 0 Å². The van der Waals surface area contributed by atoms with Gasteiger partial charge in [-0.15, -0.1) is 0 Å². The number of rotatable bonds is 4. The molecule has 0 saturated heterocycles. The molecule has 0 aliphatic carbocycles. The molecule has 1 aromatic rings. The van der Waals surface area contributed by atoms with E-state index >= 15 is 0 Å². The number of benzene rings is 1. The fraction of sp³-hybridized carbons (Fsp3) is 0.375. The fourth-order valence-corrected chi connectivity index (χ4v) is 2.17. The maximum Gasteiger partial charge on any atom is 0.347 e. The minimum atomic E-state index is -0.736. The summed E-state index contributed by atoms with van der Waals surface area (Å²) in [4.78, 5) is 23.5. The molecule has 0 fully saturated rings. The van der Waals surface area contributed by atoms with Crippen LogP contribution in [-0.4, -0.2) is 31.3 Å². The first-order valence-corrected chi connectivity index (χ1v) is 6.95. The Morgan fingerprint density at radius 1 is 1.24 bits per heavy atom. The Morgan fingerprint density at radius 2 is 1.95 bits per heavy atom. The summed E-state index contributed by atoms with van der Waals surface area (Å²) in [5, 5.41) is 0. The summed E-state index contributed by atoms with van der Waals surface area (Å²) < 4.78 is 15.6. The van der Waals surface area contributed by atoms with Gasteiger partial charge < -0.3 is 14.2 Å². The van der Waals surface area contributed by atoms with Crippen molar-refractivity contribution in [3.8, 4) is 5.75 Å². The molecule has 2 rings (SSSR count). The van der Waals surface area contributed by atoms with Crippen LogP contribution in [0.5, 0.6) is 5.75 Å². The lowest BCUT2D eigenvalue weighted by Crippen LogP contribution is -2.32. The van der Waals surface area contributed by atoms with E-state index in [0.29, 0.717) is 17.9 Å². The minimum absolute atomic E-state index is 0.286. The monoisotopic (exact) mass is 290 g/mol. The summed E-state index contributed by atoms with van der Waals surface area (Å²) in [6.45, 7) is 4.08. The van der Waals surface area contributed by atoms with Gasteiger partial charge in [0.1, 0.15) is 5.75 Å². The van der Waals surface area contributed by atoms with E-state index in [0.717, 1.165) is 5.56 Å². The van der Waals surface area contributed by atoms with Crippen LogP contribution in [0.15, 0.2) is 30.3 Å². The van der Waals surface area contributed by atoms with Crippen LogP contribution in [0.2, 0.25) is 0 Å². The molecular weight excluding hydrogens is 272 g/mol. The summed E-state index contributed by atoms with van der Waals surface area (Å²) in [7, 11) is 0. The van der Waals surface area contributed by atoms with E-state index in [-0.39, 0.29) is 13.0 Å². The van der Waals surface area contributed by atoms with Crippen molar-refractivity contribution < 1.29 is 23.8 Å². The SMILES string of the molecule is CCOC(=O)/C=C1\C[C@@H](C(=O)OCC)Oc2ccccc21. The fourth-order valence-electron chi connectivity index (χ4n) is 2.17. The molecule has 1 heterocycles. The summed E-state index contributed by atoms with van der Waals surface area (Å²) in [5.74, 6) is -0.286. The number of carbonyl (C=O) groups is 2. The zero-order valence-corrected chi connectivity index (χ0v) is 12.1. The molecule has 5 nitrogen and oxygen atoms in total. The number of carbonyl (C=O) groups excluding carboxylic acids is 2. The maximum atomic E-state index is 11.9. The van der Waals surface area contributed by atoms with Crippen molar-refractivity contribution in [3.05, 3.63) is 35.9 Å². The van der Waals surface area contributed by atoms with Gasteiger partial charge >= 0.3 is 11.9 Å². The number of ether oxygens (including phenoxy) is 3. The van der Waals surface area contributed by atoms with Crippen LogP contribution in [-0.2, 0) is 19.1 Å². The Kier molecular flexibility index (Phi) is 4.98. The van der Waals surface area contributed by atoms with Crippen molar-refractivity contribution in [3.63, 3.8) is 0 Å². The van der Waals surface area contributed by atoms with Gasteiger partial charge in [-0.3, -0.25) is 0 Å². The van der Waals surface area contributed by atoms with Gasteiger partial charge in [0.25, 0.3) is 0 Å². The molecule has 0 unspecified atom stereocenters. The number of fused-ring (bicyclic) bond motifs is 1. The molecule has 0 N–H and O–H groups in total. The van der Waals surface area contributed by atoms with Crippen LogP contribution in [0.25, 0.3) is 5.57 Å². The van der Waals surface area contributed by atoms with Crippen molar-refractivity contribution in [1.29, 1.82) is 0 Å². The second kappa shape index (κ2) is 6.92. The molecule has 1 aliphatic heterocycles. The first kappa shape index (κ1) is 15.1. The lowest BCUT2D eigenvalue weighted by Gasteiger charge is -2.26. The minimum Gasteiger partial charge on any atom is -0.478 e.